The summed E-state index contributed by atoms with van der Waals surface area (Å²) in [6.07, 6.45) is -4.81. The first-order valence-corrected chi connectivity index (χ1v) is 9.00. The van der Waals surface area contributed by atoms with E-state index in [2.05, 4.69) is 15.0 Å². The third-order valence-electron chi connectivity index (χ3n) is 3.71. The van der Waals surface area contributed by atoms with Gasteiger partial charge in [-0.25, -0.2) is 4.99 Å². The Morgan fingerprint density at radius 3 is 2.59 bits per heavy atom. The lowest BCUT2D eigenvalue weighted by molar-refractivity contribution is -0.274. The molecule has 29 heavy (non-hydrogen) atoms. The minimum atomic E-state index is -4.81. The van der Waals surface area contributed by atoms with Crippen molar-refractivity contribution in [2.75, 3.05) is 25.1 Å². The largest absolute Gasteiger partial charge is 0.573 e. The van der Waals surface area contributed by atoms with E-state index in [1.54, 1.807) is 6.07 Å². The number of nitrogens with zero attached hydrogens (tertiary/aromatic N) is 1. The molecule has 0 fully saturated rings. The zero-order valence-electron chi connectivity index (χ0n) is 16.3. The first-order valence-electron chi connectivity index (χ1n) is 9.00. The van der Waals surface area contributed by atoms with Gasteiger partial charge >= 0.3 is 6.36 Å². The van der Waals surface area contributed by atoms with Gasteiger partial charge in [0.2, 0.25) is 0 Å². The fourth-order valence-electron chi connectivity index (χ4n) is 2.41. The van der Waals surface area contributed by atoms with E-state index in [0.717, 1.165) is 11.1 Å². The Bertz CT molecular complexity index is 826. The van der Waals surface area contributed by atoms with E-state index in [-0.39, 0.29) is 18.2 Å². The molecule has 0 saturated carbocycles. The van der Waals surface area contributed by atoms with Crippen molar-refractivity contribution in [1.82, 2.24) is 0 Å². The molecule has 0 radical (unpaired) electrons. The minimum Gasteiger partial charge on any atom is -0.491 e. The van der Waals surface area contributed by atoms with Crippen molar-refractivity contribution < 1.29 is 27.4 Å². The number of benzene rings is 2. The number of aryl methyl sites for hydroxylation is 1. The molecule has 2 aromatic rings. The van der Waals surface area contributed by atoms with Crippen molar-refractivity contribution >= 4 is 11.6 Å². The van der Waals surface area contributed by atoms with Gasteiger partial charge in [-0.2, -0.15) is 0 Å². The Kier molecular flexibility index (Phi) is 8.14. The van der Waals surface area contributed by atoms with Crippen molar-refractivity contribution in [3.63, 3.8) is 0 Å². The van der Waals surface area contributed by atoms with Gasteiger partial charge in [0.15, 0.2) is 11.7 Å². The zero-order valence-corrected chi connectivity index (χ0v) is 16.3. The number of halogens is 3. The second-order valence-corrected chi connectivity index (χ2v) is 6.03. The van der Waals surface area contributed by atoms with Crippen molar-refractivity contribution in [1.29, 1.82) is 0 Å². The van der Waals surface area contributed by atoms with Crippen LogP contribution in [-0.4, -0.2) is 32.1 Å². The topological polar surface area (TPSA) is 78.1 Å². The summed E-state index contributed by atoms with van der Waals surface area (Å²) in [5, 5.41) is 2.64. The number of nitrogens with two attached hydrogens (primary N) is 1. The van der Waals surface area contributed by atoms with Crippen molar-refractivity contribution in [3.8, 4) is 11.5 Å². The Balaban J connectivity index is 2.07. The first kappa shape index (κ1) is 22.4. The third kappa shape index (κ3) is 7.90. The van der Waals surface area contributed by atoms with Crippen LogP contribution in [-0.2, 0) is 11.3 Å². The first-order chi connectivity index (χ1) is 13.8. The molecular weight excluding hydrogens is 387 g/mol. The number of aliphatic imine (C=N–C) groups is 1. The average Bonchev–Trinajstić information content (AvgIpc) is 2.65. The number of para-hydroxylation sites is 2. The number of nitrogens with one attached hydrogen (secondary N) is 1. The van der Waals surface area contributed by atoms with Gasteiger partial charge in [0.1, 0.15) is 12.4 Å². The predicted octanol–water partition coefficient (Wildman–Crippen LogP) is 4.24. The monoisotopic (exact) mass is 411 g/mol. The highest BCUT2D eigenvalue weighted by Crippen LogP contribution is 2.29. The summed E-state index contributed by atoms with van der Waals surface area (Å²) in [5.74, 6) is 0.208. The molecule has 6 nitrogen and oxygen atoms in total. The molecule has 0 aromatic heterocycles. The lowest BCUT2D eigenvalue weighted by Crippen LogP contribution is -2.24. The predicted molar refractivity (Wildman–Crippen MR) is 105 cm³/mol. The molecule has 9 heteroatoms. The van der Waals surface area contributed by atoms with Crippen LogP contribution in [0.5, 0.6) is 11.5 Å². The van der Waals surface area contributed by atoms with Crippen LogP contribution in [0.3, 0.4) is 0 Å². The maximum Gasteiger partial charge on any atom is 0.573 e. The average molecular weight is 411 g/mol. The van der Waals surface area contributed by atoms with Crippen LogP contribution in [0.4, 0.5) is 18.9 Å². The van der Waals surface area contributed by atoms with Gasteiger partial charge in [0.05, 0.1) is 18.8 Å². The van der Waals surface area contributed by atoms with Crippen molar-refractivity contribution in [2.24, 2.45) is 10.7 Å². The number of guanidine groups is 1. The molecule has 2 aromatic carbocycles. The number of alkyl halides is 3. The molecule has 0 atom stereocenters. The SMILES string of the molecule is CCOCCOc1cc(C)ccc1CN=C(N)Nc1ccccc1OC(F)(F)F. The van der Waals surface area contributed by atoms with Gasteiger partial charge in [-0.15, -0.1) is 13.2 Å². The molecule has 0 heterocycles. The fraction of sp³-hybridized carbons (Fsp3) is 0.350. The highest BCUT2D eigenvalue weighted by atomic mass is 19.4. The van der Waals surface area contributed by atoms with Crippen LogP contribution in [0.25, 0.3) is 0 Å². The second-order valence-electron chi connectivity index (χ2n) is 6.03. The maximum atomic E-state index is 12.5. The molecule has 0 aliphatic rings. The van der Waals surface area contributed by atoms with E-state index in [1.807, 2.05) is 32.0 Å². The standard InChI is InChI=1S/C20H24F3N3O3/c1-3-27-10-11-28-18-12-14(2)8-9-15(18)13-25-19(24)26-16-6-4-5-7-17(16)29-20(21,22)23/h4-9,12H,3,10-11,13H2,1-2H3,(H3,24,25,26). The van der Waals surface area contributed by atoms with Gasteiger partial charge in [-0.1, -0.05) is 24.3 Å². The summed E-state index contributed by atoms with van der Waals surface area (Å²) in [4.78, 5) is 4.20. The number of anilines is 1. The van der Waals surface area contributed by atoms with Gasteiger partial charge in [0.25, 0.3) is 0 Å². The Morgan fingerprint density at radius 1 is 1.10 bits per heavy atom. The van der Waals surface area contributed by atoms with Gasteiger partial charge in [-0.05, 0) is 37.6 Å². The van der Waals surface area contributed by atoms with Crippen LogP contribution in [0.2, 0.25) is 0 Å². The summed E-state index contributed by atoms with van der Waals surface area (Å²) < 4.78 is 52.6. The number of hydrogen-bond donors (Lipinski definition) is 2. The van der Waals surface area contributed by atoms with E-state index in [1.165, 1.54) is 18.2 Å². The number of hydrogen-bond acceptors (Lipinski definition) is 4. The summed E-state index contributed by atoms with van der Waals surface area (Å²) in [7, 11) is 0. The van der Waals surface area contributed by atoms with E-state index in [9.17, 15) is 13.2 Å². The highest BCUT2D eigenvalue weighted by Gasteiger charge is 2.32. The summed E-state index contributed by atoms with van der Waals surface area (Å²) in [5.41, 5.74) is 7.72. The highest BCUT2D eigenvalue weighted by molar-refractivity contribution is 5.93. The molecule has 0 aliphatic heterocycles. The van der Waals surface area contributed by atoms with E-state index < -0.39 is 12.1 Å². The van der Waals surface area contributed by atoms with Crippen LogP contribution >= 0.6 is 0 Å². The molecule has 3 N–H and O–H groups in total. The van der Waals surface area contributed by atoms with Crippen LogP contribution in [0.15, 0.2) is 47.5 Å². The van der Waals surface area contributed by atoms with Crippen LogP contribution in [0, 0.1) is 6.92 Å². The van der Waals surface area contributed by atoms with Crippen molar-refractivity contribution in [3.05, 3.63) is 53.6 Å². The lowest BCUT2D eigenvalue weighted by Gasteiger charge is -2.14. The Labute approximate surface area is 167 Å². The van der Waals surface area contributed by atoms with E-state index >= 15 is 0 Å². The smallest absolute Gasteiger partial charge is 0.491 e. The molecule has 158 valence electrons. The van der Waals surface area contributed by atoms with Gasteiger partial charge in [0, 0.05) is 12.2 Å². The van der Waals surface area contributed by atoms with Crippen LogP contribution in [0.1, 0.15) is 18.1 Å². The third-order valence-corrected chi connectivity index (χ3v) is 3.71. The van der Waals surface area contributed by atoms with Gasteiger partial charge in [-0.3, -0.25) is 0 Å². The molecular formula is C20H24F3N3O3. The fourth-order valence-corrected chi connectivity index (χ4v) is 2.41. The minimum absolute atomic E-state index is 0.0518. The maximum absolute atomic E-state index is 12.5. The summed E-state index contributed by atoms with van der Waals surface area (Å²) >= 11 is 0. The molecule has 0 unspecified atom stereocenters. The Hall–Kier alpha value is -2.94. The Morgan fingerprint density at radius 2 is 1.86 bits per heavy atom. The van der Waals surface area contributed by atoms with Crippen LogP contribution < -0.4 is 20.5 Å². The lowest BCUT2D eigenvalue weighted by atomic mass is 10.1. The van der Waals surface area contributed by atoms with E-state index in [4.69, 9.17) is 15.2 Å². The molecule has 0 spiro atoms. The zero-order chi connectivity index (χ0) is 21.3. The second kappa shape index (κ2) is 10.6. The summed E-state index contributed by atoms with van der Waals surface area (Å²) in [6, 6.07) is 11.2. The normalized spacial score (nSPS) is 12.0. The summed E-state index contributed by atoms with van der Waals surface area (Å²) in [6.45, 7) is 5.49. The molecule has 0 aliphatic carbocycles. The van der Waals surface area contributed by atoms with Gasteiger partial charge < -0.3 is 25.3 Å². The van der Waals surface area contributed by atoms with Crippen molar-refractivity contribution in [2.45, 2.75) is 26.8 Å². The van der Waals surface area contributed by atoms with E-state index in [0.29, 0.717) is 25.6 Å². The molecule has 0 saturated heterocycles. The number of ether oxygens (including phenoxy) is 3. The quantitative estimate of drug-likeness (QED) is 0.367. The molecule has 0 bridgehead atoms. The molecule has 0 amide bonds. The molecule has 2 rings (SSSR count). The number of rotatable bonds is 9.